The summed E-state index contributed by atoms with van der Waals surface area (Å²) in [6, 6.07) is 2.12. The van der Waals surface area contributed by atoms with Crippen LogP contribution in [0.1, 0.15) is 6.42 Å². The van der Waals surface area contributed by atoms with Crippen LogP contribution < -0.4 is 10.6 Å². The maximum Gasteiger partial charge on any atom is 0.390 e. The molecule has 0 spiro atoms. The van der Waals surface area contributed by atoms with Crippen LogP contribution in [0.25, 0.3) is 0 Å². The molecule has 0 aliphatic rings. The lowest BCUT2D eigenvalue weighted by atomic mass is 10.3. The van der Waals surface area contributed by atoms with Gasteiger partial charge in [-0.05, 0) is 0 Å². The normalized spacial score (nSPS) is 11.3. The van der Waals surface area contributed by atoms with Gasteiger partial charge in [0.25, 0.3) is 5.69 Å². The Balaban J connectivity index is 2.85. The molecule has 0 unspecified atom stereocenters. The SMILES string of the molecule is CN(CCC(F)(F)F)c1cc([N+](=O)[O-])cc(N)n1. The summed E-state index contributed by atoms with van der Waals surface area (Å²) in [6.07, 6.45) is -5.33. The van der Waals surface area contributed by atoms with Gasteiger partial charge in [0.15, 0.2) is 0 Å². The molecular formula is C9H11F3N4O2. The lowest BCUT2D eigenvalue weighted by Gasteiger charge is -2.19. The standard InChI is InChI=1S/C9H11F3N4O2/c1-15(3-2-9(10,11)12)8-5-6(16(17)18)4-7(13)14-8/h4-5H,2-3H2,1H3,(H2,13,14). The molecule has 0 aliphatic carbocycles. The van der Waals surface area contributed by atoms with E-state index in [4.69, 9.17) is 5.73 Å². The van der Waals surface area contributed by atoms with E-state index in [9.17, 15) is 23.3 Å². The van der Waals surface area contributed by atoms with E-state index in [2.05, 4.69) is 4.98 Å². The summed E-state index contributed by atoms with van der Waals surface area (Å²) in [5.74, 6) is -0.0796. The van der Waals surface area contributed by atoms with Gasteiger partial charge in [-0.2, -0.15) is 13.2 Å². The Morgan fingerprint density at radius 3 is 2.61 bits per heavy atom. The zero-order valence-corrected chi connectivity index (χ0v) is 9.44. The molecule has 18 heavy (non-hydrogen) atoms. The van der Waals surface area contributed by atoms with Gasteiger partial charge >= 0.3 is 6.18 Å². The molecule has 0 aromatic carbocycles. The number of halogens is 3. The molecule has 0 bridgehead atoms. The number of aromatic nitrogens is 1. The fraction of sp³-hybridized carbons (Fsp3) is 0.444. The lowest BCUT2D eigenvalue weighted by molar-refractivity contribution is -0.384. The summed E-state index contributed by atoms with van der Waals surface area (Å²) in [7, 11) is 1.36. The third kappa shape index (κ3) is 4.07. The molecule has 0 atom stereocenters. The second-order valence-corrected chi connectivity index (χ2v) is 3.65. The number of anilines is 2. The highest BCUT2D eigenvalue weighted by Gasteiger charge is 2.27. The van der Waals surface area contributed by atoms with Gasteiger partial charge in [0.05, 0.1) is 23.5 Å². The van der Waals surface area contributed by atoms with E-state index in [0.29, 0.717) is 0 Å². The third-order valence-corrected chi connectivity index (χ3v) is 2.15. The summed E-state index contributed by atoms with van der Waals surface area (Å²) < 4.78 is 36.1. The van der Waals surface area contributed by atoms with Crippen LogP contribution >= 0.6 is 0 Å². The van der Waals surface area contributed by atoms with Crippen molar-refractivity contribution in [2.75, 3.05) is 24.2 Å². The number of nitrogen functional groups attached to an aromatic ring is 1. The largest absolute Gasteiger partial charge is 0.390 e. The Kier molecular flexibility index (Phi) is 3.94. The Bertz CT molecular complexity index is 450. The van der Waals surface area contributed by atoms with Crippen molar-refractivity contribution in [1.82, 2.24) is 4.98 Å². The molecule has 0 radical (unpaired) electrons. The fourth-order valence-electron chi connectivity index (χ4n) is 1.23. The molecule has 0 saturated heterocycles. The first kappa shape index (κ1) is 14.0. The maximum atomic E-state index is 12.0. The van der Waals surface area contributed by atoms with Crippen molar-refractivity contribution in [2.45, 2.75) is 12.6 Å². The highest BCUT2D eigenvalue weighted by molar-refractivity contribution is 5.53. The van der Waals surface area contributed by atoms with Gasteiger partial charge in [0.1, 0.15) is 11.6 Å². The summed E-state index contributed by atoms with van der Waals surface area (Å²) in [4.78, 5) is 14.8. The van der Waals surface area contributed by atoms with E-state index < -0.39 is 17.5 Å². The summed E-state index contributed by atoms with van der Waals surface area (Å²) in [5.41, 5.74) is 5.04. The van der Waals surface area contributed by atoms with Crippen LogP contribution in [0.4, 0.5) is 30.5 Å². The van der Waals surface area contributed by atoms with Gasteiger partial charge in [-0.3, -0.25) is 10.1 Å². The van der Waals surface area contributed by atoms with E-state index in [1.807, 2.05) is 0 Å². The Morgan fingerprint density at radius 2 is 2.11 bits per heavy atom. The lowest BCUT2D eigenvalue weighted by Crippen LogP contribution is -2.25. The van der Waals surface area contributed by atoms with Gasteiger partial charge in [-0.25, -0.2) is 4.98 Å². The molecule has 2 N–H and O–H groups in total. The van der Waals surface area contributed by atoms with Gasteiger partial charge in [0.2, 0.25) is 0 Å². The molecule has 1 aromatic rings. The first-order valence-corrected chi connectivity index (χ1v) is 4.89. The Labute approximate surface area is 100 Å². The monoisotopic (exact) mass is 264 g/mol. The minimum atomic E-state index is -4.29. The van der Waals surface area contributed by atoms with Crippen LogP contribution in [-0.4, -0.2) is 29.7 Å². The molecule has 6 nitrogen and oxygen atoms in total. The van der Waals surface area contributed by atoms with Crippen molar-refractivity contribution in [3.05, 3.63) is 22.2 Å². The van der Waals surface area contributed by atoms with Crippen molar-refractivity contribution in [3.8, 4) is 0 Å². The zero-order chi connectivity index (χ0) is 13.9. The Hall–Kier alpha value is -2.06. The zero-order valence-electron chi connectivity index (χ0n) is 9.44. The molecule has 0 saturated carbocycles. The molecule has 0 aliphatic heterocycles. The van der Waals surface area contributed by atoms with E-state index in [1.165, 1.54) is 7.05 Å². The maximum absolute atomic E-state index is 12.0. The number of nitrogens with two attached hydrogens (primary N) is 1. The number of alkyl halides is 3. The van der Waals surface area contributed by atoms with Crippen LogP contribution in [0.15, 0.2) is 12.1 Å². The Morgan fingerprint density at radius 1 is 1.50 bits per heavy atom. The molecule has 1 rings (SSSR count). The van der Waals surface area contributed by atoms with E-state index in [-0.39, 0.29) is 23.9 Å². The average molecular weight is 264 g/mol. The van der Waals surface area contributed by atoms with Crippen LogP contribution in [0, 0.1) is 10.1 Å². The highest BCUT2D eigenvalue weighted by Crippen LogP contribution is 2.24. The van der Waals surface area contributed by atoms with Crippen molar-refractivity contribution in [1.29, 1.82) is 0 Å². The van der Waals surface area contributed by atoms with Crippen LogP contribution in [0.3, 0.4) is 0 Å². The van der Waals surface area contributed by atoms with Crippen molar-refractivity contribution >= 4 is 17.3 Å². The minimum absolute atomic E-state index is 0.0333. The van der Waals surface area contributed by atoms with Gasteiger partial charge in [-0.1, -0.05) is 0 Å². The molecule has 9 heteroatoms. The number of hydrogen-bond acceptors (Lipinski definition) is 5. The second-order valence-electron chi connectivity index (χ2n) is 3.65. The van der Waals surface area contributed by atoms with Crippen molar-refractivity contribution in [2.24, 2.45) is 0 Å². The van der Waals surface area contributed by atoms with E-state index >= 15 is 0 Å². The van der Waals surface area contributed by atoms with Crippen LogP contribution in [0.2, 0.25) is 0 Å². The van der Waals surface area contributed by atoms with Gasteiger partial charge in [0, 0.05) is 13.6 Å². The van der Waals surface area contributed by atoms with Crippen LogP contribution in [0.5, 0.6) is 0 Å². The fourth-order valence-corrected chi connectivity index (χ4v) is 1.23. The quantitative estimate of drug-likeness (QED) is 0.663. The summed E-state index contributed by atoms with van der Waals surface area (Å²) in [6.45, 7) is -0.350. The molecule has 0 fully saturated rings. The minimum Gasteiger partial charge on any atom is -0.383 e. The van der Waals surface area contributed by atoms with Gasteiger partial charge < -0.3 is 10.6 Å². The highest BCUT2D eigenvalue weighted by atomic mass is 19.4. The number of rotatable bonds is 4. The number of pyridine rings is 1. The predicted molar refractivity (Wildman–Crippen MR) is 59.2 cm³/mol. The van der Waals surface area contributed by atoms with Gasteiger partial charge in [-0.15, -0.1) is 0 Å². The number of nitro groups is 1. The first-order chi connectivity index (χ1) is 8.19. The summed E-state index contributed by atoms with van der Waals surface area (Å²) in [5, 5.41) is 10.6. The first-order valence-electron chi connectivity index (χ1n) is 4.89. The third-order valence-electron chi connectivity index (χ3n) is 2.15. The topological polar surface area (TPSA) is 85.3 Å². The number of hydrogen-bond donors (Lipinski definition) is 1. The van der Waals surface area contributed by atoms with Crippen molar-refractivity contribution in [3.63, 3.8) is 0 Å². The summed E-state index contributed by atoms with van der Waals surface area (Å²) >= 11 is 0. The van der Waals surface area contributed by atoms with Crippen LogP contribution in [-0.2, 0) is 0 Å². The second kappa shape index (κ2) is 5.07. The molecule has 100 valence electrons. The van der Waals surface area contributed by atoms with E-state index in [0.717, 1.165) is 17.0 Å². The molecule has 1 aromatic heterocycles. The predicted octanol–water partition coefficient (Wildman–Crippen LogP) is 1.96. The number of nitrogens with zero attached hydrogens (tertiary/aromatic N) is 3. The molecular weight excluding hydrogens is 253 g/mol. The molecule has 1 heterocycles. The van der Waals surface area contributed by atoms with Crippen molar-refractivity contribution < 1.29 is 18.1 Å². The average Bonchev–Trinajstić information content (AvgIpc) is 2.23. The smallest absolute Gasteiger partial charge is 0.383 e. The van der Waals surface area contributed by atoms with E-state index in [1.54, 1.807) is 0 Å². The molecule has 0 amide bonds.